The molecule has 1 aromatic carbocycles. The first-order valence-corrected chi connectivity index (χ1v) is 9.73. The minimum absolute atomic E-state index is 0.200. The first-order valence-electron chi connectivity index (χ1n) is 9.35. The molecular formula is C20H22ClN5O4. The lowest BCUT2D eigenvalue weighted by molar-refractivity contribution is 0.102. The summed E-state index contributed by atoms with van der Waals surface area (Å²) in [6, 6.07) is 3.15. The van der Waals surface area contributed by atoms with E-state index in [0.29, 0.717) is 40.0 Å². The Bertz CT molecular complexity index is 1220. The zero-order valence-corrected chi connectivity index (χ0v) is 17.9. The number of ether oxygens (including phenoxy) is 2. The van der Waals surface area contributed by atoms with Crippen LogP contribution in [0.4, 0.5) is 5.69 Å². The predicted octanol–water partition coefficient (Wildman–Crippen LogP) is 1.94. The summed E-state index contributed by atoms with van der Waals surface area (Å²) in [6.07, 6.45) is 2.13. The van der Waals surface area contributed by atoms with E-state index >= 15 is 0 Å². The van der Waals surface area contributed by atoms with Gasteiger partial charge in [-0.15, -0.1) is 0 Å². The second-order valence-corrected chi connectivity index (χ2v) is 7.62. The molecule has 2 aromatic heterocycles. The van der Waals surface area contributed by atoms with Crippen molar-refractivity contribution in [3.05, 3.63) is 50.5 Å². The number of nitrogens with zero attached hydrogens (tertiary/aromatic N) is 4. The molecule has 0 aliphatic carbocycles. The minimum atomic E-state index is -0.424. The maximum Gasteiger partial charge on any atom is 0.279 e. The molecule has 1 amide bonds. The Hall–Kier alpha value is -3.04. The lowest BCUT2D eigenvalue weighted by Crippen LogP contribution is -2.36. The van der Waals surface area contributed by atoms with E-state index in [1.807, 2.05) is 18.7 Å². The molecule has 0 unspecified atom stereocenters. The zero-order chi connectivity index (χ0) is 21.6. The van der Waals surface area contributed by atoms with Gasteiger partial charge in [-0.2, -0.15) is 9.61 Å². The number of methoxy groups -OCH3 is 2. The Balaban J connectivity index is 1.78. The Morgan fingerprint density at radius 2 is 1.93 bits per heavy atom. The maximum absolute atomic E-state index is 13.1. The van der Waals surface area contributed by atoms with Crippen molar-refractivity contribution in [1.29, 1.82) is 0 Å². The number of benzene rings is 1. The van der Waals surface area contributed by atoms with Crippen molar-refractivity contribution in [1.82, 2.24) is 19.1 Å². The number of hydrogen-bond acceptors (Lipinski definition) is 6. The molecule has 158 valence electrons. The molecule has 30 heavy (non-hydrogen) atoms. The van der Waals surface area contributed by atoms with Gasteiger partial charge in [0, 0.05) is 38.3 Å². The van der Waals surface area contributed by atoms with Crippen LogP contribution in [0.25, 0.3) is 5.65 Å². The van der Waals surface area contributed by atoms with Crippen LogP contribution in [0, 0.1) is 0 Å². The van der Waals surface area contributed by atoms with Gasteiger partial charge in [0.1, 0.15) is 17.1 Å². The van der Waals surface area contributed by atoms with Crippen LogP contribution in [0.1, 0.15) is 21.6 Å². The summed E-state index contributed by atoms with van der Waals surface area (Å²) >= 11 is 6.20. The van der Waals surface area contributed by atoms with Crippen molar-refractivity contribution in [2.75, 3.05) is 33.1 Å². The molecule has 1 aliphatic rings. The summed E-state index contributed by atoms with van der Waals surface area (Å²) in [5, 5.41) is 7.32. The minimum Gasteiger partial charge on any atom is -0.495 e. The summed E-state index contributed by atoms with van der Waals surface area (Å²) in [7, 11) is 6.81. The van der Waals surface area contributed by atoms with Gasteiger partial charge in [0.15, 0.2) is 5.65 Å². The molecule has 9 nitrogen and oxygen atoms in total. The Labute approximate surface area is 177 Å². The second-order valence-electron chi connectivity index (χ2n) is 7.21. The van der Waals surface area contributed by atoms with E-state index in [1.165, 1.54) is 24.9 Å². The first kappa shape index (κ1) is 20.2. The lowest BCUT2D eigenvalue weighted by Gasteiger charge is -2.26. The molecular weight excluding hydrogens is 410 g/mol. The number of aryl methyl sites for hydroxylation is 1. The standard InChI is InChI=1S/C20H22ClN5O4/c1-24-6-5-15-12(10-24)20(28)26-19(25(15)2)11(9-22-26)18(27)23-14-7-13(21)16(29-3)8-17(14)30-4/h7-9H,5-6,10H2,1-4H3,(H,23,27). The highest BCUT2D eigenvalue weighted by atomic mass is 35.5. The van der Waals surface area contributed by atoms with Crippen molar-refractivity contribution in [2.24, 2.45) is 7.05 Å². The number of nitrogens with one attached hydrogen (secondary N) is 1. The van der Waals surface area contributed by atoms with Gasteiger partial charge in [-0.05, 0) is 13.1 Å². The molecule has 0 bridgehead atoms. The normalized spacial score (nSPS) is 13.9. The van der Waals surface area contributed by atoms with Gasteiger partial charge >= 0.3 is 0 Å². The van der Waals surface area contributed by atoms with E-state index in [0.717, 1.165) is 18.7 Å². The molecule has 0 saturated heterocycles. The Kier molecular flexibility index (Phi) is 5.17. The monoisotopic (exact) mass is 431 g/mol. The topological polar surface area (TPSA) is 90.1 Å². The molecule has 0 atom stereocenters. The van der Waals surface area contributed by atoms with E-state index in [1.54, 1.807) is 12.1 Å². The predicted molar refractivity (Wildman–Crippen MR) is 113 cm³/mol. The van der Waals surface area contributed by atoms with Crippen molar-refractivity contribution in [3.63, 3.8) is 0 Å². The van der Waals surface area contributed by atoms with Crippen LogP contribution < -0.4 is 20.3 Å². The fraction of sp³-hybridized carbons (Fsp3) is 0.350. The van der Waals surface area contributed by atoms with Gasteiger partial charge in [-0.1, -0.05) is 11.6 Å². The molecule has 1 N–H and O–H groups in total. The molecule has 10 heteroatoms. The fourth-order valence-corrected chi connectivity index (χ4v) is 4.07. The van der Waals surface area contributed by atoms with Crippen LogP contribution in [-0.4, -0.2) is 52.8 Å². The molecule has 1 aliphatic heterocycles. The van der Waals surface area contributed by atoms with E-state index in [9.17, 15) is 9.59 Å². The smallest absolute Gasteiger partial charge is 0.279 e. The number of fused-ring (bicyclic) bond motifs is 2. The van der Waals surface area contributed by atoms with Gasteiger partial charge in [-0.25, -0.2) is 0 Å². The molecule has 0 spiro atoms. The number of carbonyl (C=O) groups is 1. The maximum atomic E-state index is 13.1. The van der Waals surface area contributed by atoms with Gasteiger partial charge in [0.25, 0.3) is 11.5 Å². The Morgan fingerprint density at radius 1 is 1.20 bits per heavy atom. The van der Waals surface area contributed by atoms with Gasteiger partial charge in [0.2, 0.25) is 0 Å². The van der Waals surface area contributed by atoms with Crippen molar-refractivity contribution < 1.29 is 14.3 Å². The number of rotatable bonds is 4. The number of carbonyl (C=O) groups excluding carboxylic acids is 1. The molecule has 0 fully saturated rings. The van der Waals surface area contributed by atoms with E-state index in [-0.39, 0.29) is 11.1 Å². The molecule has 0 radical (unpaired) electrons. The highest BCUT2D eigenvalue weighted by Crippen LogP contribution is 2.36. The van der Waals surface area contributed by atoms with Crippen LogP contribution in [0.5, 0.6) is 11.5 Å². The highest BCUT2D eigenvalue weighted by molar-refractivity contribution is 6.32. The van der Waals surface area contributed by atoms with Crippen molar-refractivity contribution in [2.45, 2.75) is 13.0 Å². The van der Waals surface area contributed by atoms with E-state index < -0.39 is 5.91 Å². The number of hydrogen-bond donors (Lipinski definition) is 1. The largest absolute Gasteiger partial charge is 0.495 e. The van der Waals surface area contributed by atoms with Gasteiger partial charge < -0.3 is 24.3 Å². The summed E-state index contributed by atoms with van der Waals surface area (Å²) in [5.74, 6) is 0.407. The summed E-state index contributed by atoms with van der Waals surface area (Å²) in [4.78, 5) is 28.1. The first-order chi connectivity index (χ1) is 14.3. The quantitative estimate of drug-likeness (QED) is 0.679. The molecule has 3 aromatic rings. The summed E-state index contributed by atoms with van der Waals surface area (Å²) in [6.45, 7) is 1.40. The lowest BCUT2D eigenvalue weighted by atomic mass is 10.1. The molecule has 4 rings (SSSR count). The summed E-state index contributed by atoms with van der Waals surface area (Å²) in [5.41, 5.74) is 2.54. The van der Waals surface area contributed by atoms with E-state index in [4.69, 9.17) is 21.1 Å². The van der Waals surface area contributed by atoms with Crippen LogP contribution in [0.3, 0.4) is 0 Å². The van der Waals surface area contributed by atoms with Gasteiger partial charge in [-0.3, -0.25) is 9.59 Å². The number of amides is 1. The molecule has 0 saturated carbocycles. The third kappa shape index (κ3) is 3.20. The average Bonchev–Trinajstić information content (AvgIpc) is 3.18. The fourth-order valence-electron chi connectivity index (χ4n) is 3.83. The number of halogens is 1. The van der Waals surface area contributed by atoms with E-state index in [2.05, 4.69) is 15.3 Å². The third-order valence-corrected chi connectivity index (χ3v) is 5.69. The molecule has 3 heterocycles. The Morgan fingerprint density at radius 3 is 2.63 bits per heavy atom. The third-order valence-electron chi connectivity index (χ3n) is 5.39. The zero-order valence-electron chi connectivity index (χ0n) is 17.2. The van der Waals surface area contributed by atoms with Gasteiger partial charge in [0.05, 0.1) is 36.7 Å². The van der Waals surface area contributed by atoms with Crippen molar-refractivity contribution >= 4 is 28.8 Å². The average molecular weight is 432 g/mol. The van der Waals surface area contributed by atoms with Crippen LogP contribution in [-0.2, 0) is 20.0 Å². The second kappa shape index (κ2) is 7.66. The van der Waals surface area contributed by atoms with Crippen molar-refractivity contribution in [3.8, 4) is 11.5 Å². The number of anilines is 1. The van der Waals surface area contributed by atoms with Crippen LogP contribution in [0.15, 0.2) is 23.1 Å². The number of likely N-dealkylation sites (N-methyl/N-ethyl adjacent to an activating group) is 1. The highest BCUT2D eigenvalue weighted by Gasteiger charge is 2.25. The van der Waals surface area contributed by atoms with Crippen LogP contribution >= 0.6 is 11.6 Å². The van der Waals surface area contributed by atoms with Crippen LogP contribution in [0.2, 0.25) is 5.02 Å². The summed E-state index contributed by atoms with van der Waals surface area (Å²) < 4.78 is 13.7. The number of aromatic nitrogens is 3. The SMILES string of the molecule is COc1cc(OC)c(NC(=O)c2cnn3c(=O)c4c(n(C)c23)CCN(C)C4)cc1Cl.